The van der Waals surface area contributed by atoms with E-state index in [4.69, 9.17) is 0 Å². The van der Waals surface area contributed by atoms with E-state index in [0.717, 1.165) is 18.3 Å². The van der Waals surface area contributed by atoms with Crippen molar-refractivity contribution in [3.63, 3.8) is 0 Å². The van der Waals surface area contributed by atoms with Gasteiger partial charge in [0.15, 0.2) is 0 Å². The minimum Gasteiger partial charge on any atom is -0.310 e. The van der Waals surface area contributed by atoms with Gasteiger partial charge in [0.1, 0.15) is 0 Å². The lowest BCUT2D eigenvalue weighted by atomic mass is 10.2. The minimum absolute atomic E-state index is 0.832. The van der Waals surface area contributed by atoms with Crippen LogP contribution in [0.15, 0.2) is 5.38 Å². The molecule has 1 atom stereocenters. The molecule has 2 heterocycles. The highest BCUT2D eigenvalue weighted by molar-refractivity contribution is 7.99. The first kappa shape index (κ1) is 11.4. The molecule has 0 spiro atoms. The second-order valence-corrected chi connectivity index (χ2v) is 6.45. The van der Waals surface area contributed by atoms with Crippen LogP contribution in [0, 0.1) is 6.92 Å². The molecule has 84 valence electrons. The third kappa shape index (κ3) is 3.78. The molecule has 0 bridgehead atoms. The van der Waals surface area contributed by atoms with E-state index < -0.39 is 0 Å². The molecule has 1 unspecified atom stereocenters. The Morgan fingerprint density at radius 3 is 3.13 bits per heavy atom. The molecular weight excluding hydrogens is 224 g/mol. The van der Waals surface area contributed by atoms with Crippen LogP contribution in [0.4, 0.5) is 0 Å². The van der Waals surface area contributed by atoms with Crippen molar-refractivity contribution < 1.29 is 0 Å². The Kier molecular flexibility index (Phi) is 4.47. The van der Waals surface area contributed by atoms with Gasteiger partial charge in [-0.2, -0.15) is 11.8 Å². The van der Waals surface area contributed by atoms with Crippen molar-refractivity contribution in [2.45, 2.75) is 38.0 Å². The molecule has 2 rings (SSSR count). The molecule has 2 nitrogen and oxygen atoms in total. The summed E-state index contributed by atoms with van der Waals surface area (Å²) in [5, 5.41) is 7.65. The van der Waals surface area contributed by atoms with E-state index in [-0.39, 0.29) is 0 Å². The second kappa shape index (κ2) is 5.87. The first-order valence-corrected chi connectivity index (χ1v) is 7.51. The van der Waals surface area contributed by atoms with Crippen molar-refractivity contribution in [2.75, 3.05) is 12.3 Å². The average Bonchev–Trinajstić information content (AvgIpc) is 2.66. The predicted molar refractivity (Wildman–Crippen MR) is 68.7 cm³/mol. The van der Waals surface area contributed by atoms with Crippen LogP contribution in [0.25, 0.3) is 0 Å². The summed E-state index contributed by atoms with van der Waals surface area (Å²) in [6.45, 7) is 4.13. The van der Waals surface area contributed by atoms with Gasteiger partial charge in [0.25, 0.3) is 0 Å². The Labute approximate surface area is 99.9 Å². The smallest absolute Gasteiger partial charge is 0.0897 e. The number of hydrogen-bond donors (Lipinski definition) is 1. The largest absolute Gasteiger partial charge is 0.310 e. The van der Waals surface area contributed by atoms with Gasteiger partial charge < -0.3 is 5.32 Å². The van der Waals surface area contributed by atoms with E-state index in [1.54, 1.807) is 11.3 Å². The molecule has 1 aliphatic rings. The van der Waals surface area contributed by atoms with Gasteiger partial charge in [-0.15, -0.1) is 11.3 Å². The Morgan fingerprint density at radius 1 is 1.53 bits per heavy atom. The lowest BCUT2D eigenvalue weighted by molar-refractivity contribution is 0.594. The molecule has 0 aromatic carbocycles. The maximum Gasteiger partial charge on any atom is 0.0897 e. The van der Waals surface area contributed by atoms with Crippen LogP contribution in [0.1, 0.15) is 30.0 Å². The Morgan fingerprint density at radius 2 is 2.47 bits per heavy atom. The van der Waals surface area contributed by atoms with Crippen molar-refractivity contribution in [1.29, 1.82) is 0 Å². The van der Waals surface area contributed by atoms with E-state index in [0.29, 0.717) is 0 Å². The van der Waals surface area contributed by atoms with Crippen molar-refractivity contribution in [1.82, 2.24) is 10.3 Å². The van der Waals surface area contributed by atoms with Gasteiger partial charge in [0, 0.05) is 23.7 Å². The maximum atomic E-state index is 4.44. The minimum atomic E-state index is 0.832. The highest BCUT2D eigenvalue weighted by atomic mass is 32.2. The van der Waals surface area contributed by atoms with Gasteiger partial charge in [-0.25, -0.2) is 4.98 Å². The zero-order valence-electron chi connectivity index (χ0n) is 9.16. The fourth-order valence-corrected chi connectivity index (χ4v) is 3.70. The van der Waals surface area contributed by atoms with E-state index in [2.05, 4.69) is 34.4 Å². The summed E-state index contributed by atoms with van der Waals surface area (Å²) in [5.41, 5.74) is 1.19. The van der Waals surface area contributed by atoms with Crippen LogP contribution in [-0.2, 0) is 6.54 Å². The molecule has 1 aromatic heterocycles. The normalized spacial score (nSPS) is 21.8. The lowest BCUT2D eigenvalue weighted by Crippen LogP contribution is -2.26. The molecule has 1 saturated heterocycles. The van der Waals surface area contributed by atoms with Crippen molar-refractivity contribution >= 4 is 23.1 Å². The number of aromatic nitrogens is 1. The summed E-state index contributed by atoms with van der Waals surface area (Å²) in [6, 6.07) is 0. The number of aryl methyl sites for hydroxylation is 1. The van der Waals surface area contributed by atoms with Crippen molar-refractivity contribution in [3.05, 3.63) is 16.1 Å². The topological polar surface area (TPSA) is 24.9 Å². The predicted octanol–water partition coefficient (Wildman–Crippen LogP) is 2.83. The monoisotopic (exact) mass is 242 g/mol. The van der Waals surface area contributed by atoms with E-state index in [1.165, 1.54) is 35.7 Å². The molecule has 1 fully saturated rings. The van der Waals surface area contributed by atoms with E-state index >= 15 is 0 Å². The van der Waals surface area contributed by atoms with Gasteiger partial charge in [0.05, 0.1) is 10.7 Å². The summed E-state index contributed by atoms with van der Waals surface area (Å²) in [7, 11) is 0. The van der Waals surface area contributed by atoms with Crippen LogP contribution in [0.5, 0.6) is 0 Å². The molecule has 0 radical (unpaired) electrons. The SMILES string of the molecule is Cc1nc(CNCC2CCCCS2)cs1. The molecular formula is C11H18N2S2. The third-order valence-corrected chi connectivity index (χ3v) is 4.84. The average molecular weight is 242 g/mol. The summed E-state index contributed by atoms with van der Waals surface area (Å²) in [5.74, 6) is 1.35. The van der Waals surface area contributed by atoms with Gasteiger partial charge in [-0.3, -0.25) is 0 Å². The number of thioether (sulfide) groups is 1. The summed E-state index contributed by atoms with van der Waals surface area (Å²) in [4.78, 5) is 4.44. The van der Waals surface area contributed by atoms with Gasteiger partial charge >= 0.3 is 0 Å². The van der Waals surface area contributed by atoms with Crippen LogP contribution in [0.2, 0.25) is 0 Å². The van der Waals surface area contributed by atoms with Gasteiger partial charge in [0.2, 0.25) is 0 Å². The summed E-state index contributed by atoms with van der Waals surface area (Å²) >= 11 is 3.86. The van der Waals surface area contributed by atoms with Crippen molar-refractivity contribution in [2.24, 2.45) is 0 Å². The Bertz CT molecular complexity index is 293. The molecule has 1 aromatic rings. The fourth-order valence-electron chi connectivity index (χ4n) is 1.82. The van der Waals surface area contributed by atoms with Crippen molar-refractivity contribution in [3.8, 4) is 0 Å². The molecule has 15 heavy (non-hydrogen) atoms. The fraction of sp³-hybridized carbons (Fsp3) is 0.727. The maximum absolute atomic E-state index is 4.44. The quantitative estimate of drug-likeness (QED) is 0.879. The van der Waals surface area contributed by atoms with Crippen LogP contribution in [-0.4, -0.2) is 22.5 Å². The standard InChI is InChI=1S/C11H18N2S2/c1-9-13-10(8-15-9)6-12-7-11-4-2-3-5-14-11/h8,11-12H,2-7H2,1H3. The summed E-state index contributed by atoms with van der Waals surface area (Å²) < 4.78 is 0. The molecule has 0 aliphatic carbocycles. The van der Waals surface area contributed by atoms with Crippen LogP contribution in [0.3, 0.4) is 0 Å². The summed E-state index contributed by atoms with van der Waals surface area (Å²) in [6.07, 6.45) is 4.20. The van der Waals surface area contributed by atoms with Crippen LogP contribution >= 0.6 is 23.1 Å². The number of hydrogen-bond acceptors (Lipinski definition) is 4. The lowest BCUT2D eigenvalue weighted by Gasteiger charge is -2.21. The molecule has 1 aliphatic heterocycles. The first-order chi connectivity index (χ1) is 7.34. The number of nitrogens with zero attached hydrogens (tertiary/aromatic N) is 1. The zero-order valence-corrected chi connectivity index (χ0v) is 10.8. The van der Waals surface area contributed by atoms with Crippen LogP contribution < -0.4 is 5.32 Å². The van der Waals surface area contributed by atoms with Gasteiger partial charge in [-0.1, -0.05) is 6.42 Å². The van der Waals surface area contributed by atoms with Gasteiger partial charge in [-0.05, 0) is 25.5 Å². The molecule has 1 N–H and O–H groups in total. The Hall–Kier alpha value is -0.0600. The van der Waals surface area contributed by atoms with E-state index in [9.17, 15) is 0 Å². The highest BCUT2D eigenvalue weighted by Gasteiger charge is 2.13. The van der Waals surface area contributed by atoms with E-state index in [1.807, 2.05) is 0 Å². The number of thiazole rings is 1. The third-order valence-electron chi connectivity index (χ3n) is 2.62. The molecule has 4 heteroatoms. The first-order valence-electron chi connectivity index (χ1n) is 5.58. The number of nitrogens with one attached hydrogen (secondary N) is 1. The second-order valence-electron chi connectivity index (χ2n) is 3.98. The molecule has 0 amide bonds. The number of rotatable bonds is 4. The molecule has 0 saturated carbocycles. The highest BCUT2D eigenvalue weighted by Crippen LogP contribution is 2.24. The zero-order chi connectivity index (χ0) is 10.5. The Balaban J connectivity index is 1.65.